The molecule has 180 valence electrons. The van der Waals surface area contributed by atoms with Crippen molar-refractivity contribution in [1.82, 2.24) is 10.4 Å². The van der Waals surface area contributed by atoms with Gasteiger partial charge in [0.1, 0.15) is 5.69 Å². The van der Waals surface area contributed by atoms with Crippen LogP contribution in [-0.4, -0.2) is 42.6 Å². The number of benzene rings is 2. The van der Waals surface area contributed by atoms with Crippen molar-refractivity contribution in [3.8, 4) is 11.5 Å². The molecule has 0 saturated heterocycles. The highest BCUT2D eigenvalue weighted by atomic mass is 16.5. The van der Waals surface area contributed by atoms with E-state index in [2.05, 4.69) is 39.8 Å². The topological polar surface area (TPSA) is 88.1 Å². The number of nitrogens with zero attached hydrogens (tertiary/aromatic N) is 2. The number of hydrogen-bond donors (Lipinski definition) is 2. The summed E-state index contributed by atoms with van der Waals surface area (Å²) in [5.74, 6) is 1.58. The zero-order chi connectivity index (χ0) is 24.4. The minimum atomic E-state index is -0.277. The number of nitrogens with one attached hydrogen (secondary N) is 2. The Labute approximate surface area is 205 Å². The highest BCUT2D eigenvalue weighted by Gasteiger charge is 2.34. The SMILES string of the molecule is COc1cc2c(cc1OC)[C@H]1CCCC[C@H]1N=C2c1cccc(C(C)=NNC(=O)c2ccc[nH]2)c1. The molecule has 2 N–H and O–H groups in total. The van der Waals surface area contributed by atoms with E-state index in [1.54, 1.807) is 32.5 Å². The lowest BCUT2D eigenvalue weighted by molar-refractivity contribution is 0.0950. The predicted molar refractivity (Wildman–Crippen MR) is 137 cm³/mol. The van der Waals surface area contributed by atoms with Crippen LogP contribution in [0, 0.1) is 0 Å². The van der Waals surface area contributed by atoms with Crippen LogP contribution in [0.2, 0.25) is 0 Å². The second-order valence-corrected chi connectivity index (χ2v) is 9.03. The Morgan fingerprint density at radius 2 is 1.86 bits per heavy atom. The number of methoxy groups -OCH3 is 2. The molecular formula is C28H30N4O3. The molecule has 0 radical (unpaired) electrons. The van der Waals surface area contributed by atoms with E-state index in [4.69, 9.17) is 14.5 Å². The molecule has 5 rings (SSSR count). The number of amides is 1. The van der Waals surface area contributed by atoms with Gasteiger partial charge in [0.25, 0.3) is 5.91 Å². The summed E-state index contributed by atoms with van der Waals surface area (Å²) in [6, 6.07) is 16.1. The van der Waals surface area contributed by atoms with Crippen molar-refractivity contribution >= 4 is 17.3 Å². The van der Waals surface area contributed by atoms with Crippen LogP contribution in [0.3, 0.4) is 0 Å². The van der Waals surface area contributed by atoms with Crippen LogP contribution >= 0.6 is 0 Å². The normalized spacial score (nSPS) is 19.3. The van der Waals surface area contributed by atoms with Gasteiger partial charge in [-0.05, 0) is 61.2 Å². The summed E-state index contributed by atoms with van der Waals surface area (Å²) in [4.78, 5) is 20.4. The van der Waals surface area contributed by atoms with Crippen LogP contribution in [0.4, 0.5) is 0 Å². The van der Waals surface area contributed by atoms with Crippen LogP contribution in [0.1, 0.15) is 71.3 Å². The Hall–Kier alpha value is -3.87. The third kappa shape index (κ3) is 4.46. The number of rotatable bonds is 6. The van der Waals surface area contributed by atoms with E-state index in [0.717, 1.165) is 41.0 Å². The third-order valence-corrected chi connectivity index (χ3v) is 6.96. The largest absolute Gasteiger partial charge is 0.493 e. The van der Waals surface area contributed by atoms with E-state index in [9.17, 15) is 4.79 Å². The van der Waals surface area contributed by atoms with Crippen molar-refractivity contribution < 1.29 is 14.3 Å². The first-order valence-electron chi connectivity index (χ1n) is 12.0. The zero-order valence-corrected chi connectivity index (χ0v) is 20.3. The molecule has 2 aromatic carbocycles. The maximum absolute atomic E-state index is 12.2. The van der Waals surface area contributed by atoms with Gasteiger partial charge in [0.15, 0.2) is 11.5 Å². The first-order valence-corrected chi connectivity index (χ1v) is 12.0. The maximum Gasteiger partial charge on any atom is 0.287 e. The molecule has 1 aliphatic heterocycles. The summed E-state index contributed by atoms with van der Waals surface area (Å²) in [5.41, 5.74) is 9.09. The molecule has 0 unspecified atom stereocenters. The number of hydrazone groups is 1. The van der Waals surface area contributed by atoms with Crippen molar-refractivity contribution in [3.05, 3.63) is 82.7 Å². The molecule has 1 aliphatic carbocycles. The number of aliphatic imine (C=N–C) groups is 1. The number of ether oxygens (including phenoxy) is 2. The van der Waals surface area contributed by atoms with Crippen LogP contribution < -0.4 is 14.9 Å². The van der Waals surface area contributed by atoms with Gasteiger partial charge in [0, 0.05) is 23.2 Å². The zero-order valence-electron chi connectivity index (χ0n) is 20.3. The minimum absolute atomic E-state index is 0.267. The van der Waals surface area contributed by atoms with Crippen LogP contribution in [0.15, 0.2) is 64.8 Å². The molecule has 1 aromatic heterocycles. The van der Waals surface area contributed by atoms with Gasteiger partial charge >= 0.3 is 0 Å². The van der Waals surface area contributed by atoms with E-state index in [0.29, 0.717) is 23.1 Å². The molecule has 7 nitrogen and oxygen atoms in total. The number of carbonyl (C=O) groups is 1. The fourth-order valence-corrected chi connectivity index (χ4v) is 5.12. The molecular weight excluding hydrogens is 440 g/mol. The monoisotopic (exact) mass is 470 g/mol. The first kappa shape index (κ1) is 22.9. The van der Waals surface area contributed by atoms with Crippen molar-refractivity contribution in [3.63, 3.8) is 0 Å². The van der Waals surface area contributed by atoms with Gasteiger partial charge in [0.2, 0.25) is 0 Å². The number of aromatic amines is 1. The summed E-state index contributed by atoms with van der Waals surface area (Å²) in [7, 11) is 3.34. The summed E-state index contributed by atoms with van der Waals surface area (Å²) >= 11 is 0. The van der Waals surface area contributed by atoms with E-state index in [1.807, 2.05) is 19.1 Å². The Balaban J connectivity index is 1.51. The van der Waals surface area contributed by atoms with Gasteiger partial charge in [-0.15, -0.1) is 0 Å². The molecule has 7 heteroatoms. The Bertz CT molecular complexity index is 1290. The van der Waals surface area contributed by atoms with E-state index < -0.39 is 0 Å². The molecule has 2 aliphatic rings. The lowest BCUT2D eigenvalue weighted by Gasteiger charge is -2.35. The number of aromatic nitrogens is 1. The molecule has 0 bridgehead atoms. The van der Waals surface area contributed by atoms with E-state index >= 15 is 0 Å². The Morgan fingerprint density at radius 3 is 2.63 bits per heavy atom. The minimum Gasteiger partial charge on any atom is -0.493 e. The first-order chi connectivity index (χ1) is 17.1. The summed E-state index contributed by atoms with van der Waals surface area (Å²) in [6.45, 7) is 1.88. The highest BCUT2D eigenvalue weighted by Crippen LogP contribution is 2.44. The Morgan fingerprint density at radius 1 is 1.06 bits per heavy atom. The molecule has 2 atom stereocenters. The summed E-state index contributed by atoms with van der Waals surface area (Å²) in [5, 5.41) is 4.32. The average molecular weight is 471 g/mol. The smallest absolute Gasteiger partial charge is 0.287 e. The van der Waals surface area contributed by atoms with Crippen LogP contribution in [0.5, 0.6) is 11.5 Å². The predicted octanol–water partition coefficient (Wildman–Crippen LogP) is 5.06. The molecule has 1 fully saturated rings. The molecule has 1 saturated carbocycles. The van der Waals surface area contributed by atoms with Crippen LogP contribution in [0.25, 0.3) is 0 Å². The average Bonchev–Trinajstić information content (AvgIpc) is 3.45. The van der Waals surface area contributed by atoms with Gasteiger partial charge in [0.05, 0.1) is 31.7 Å². The number of hydrogen-bond acceptors (Lipinski definition) is 5. The van der Waals surface area contributed by atoms with Gasteiger partial charge in [-0.3, -0.25) is 9.79 Å². The standard InChI is InChI=1S/C28H30N4O3/c1-17(31-32-28(33)24-12-7-13-29-24)18-8-6-9-19(14-18)27-22-16-26(35-3)25(34-2)15-21(22)20-10-4-5-11-23(20)30-27/h6-9,12-16,20,23,29H,4-5,10-11H2,1-3H3,(H,32,33)/t20-,23-/m1/s1. The van der Waals surface area contributed by atoms with Crippen molar-refractivity contribution in [1.29, 1.82) is 0 Å². The number of H-pyrrole nitrogens is 1. The summed E-state index contributed by atoms with van der Waals surface area (Å²) < 4.78 is 11.3. The van der Waals surface area contributed by atoms with Crippen molar-refractivity contribution in [2.75, 3.05) is 14.2 Å². The second-order valence-electron chi connectivity index (χ2n) is 9.03. The molecule has 2 heterocycles. The van der Waals surface area contributed by atoms with Crippen molar-refractivity contribution in [2.24, 2.45) is 10.1 Å². The maximum atomic E-state index is 12.2. The number of carbonyl (C=O) groups excluding carboxylic acids is 1. The second kappa shape index (κ2) is 9.78. The molecule has 3 aromatic rings. The molecule has 35 heavy (non-hydrogen) atoms. The van der Waals surface area contributed by atoms with Gasteiger partial charge in [-0.2, -0.15) is 5.10 Å². The highest BCUT2D eigenvalue weighted by molar-refractivity contribution is 6.16. The quantitative estimate of drug-likeness (QED) is 0.390. The van der Waals surface area contributed by atoms with E-state index in [1.165, 1.54) is 18.4 Å². The molecule has 0 spiro atoms. The van der Waals surface area contributed by atoms with Crippen molar-refractivity contribution in [2.45, 2.75) is 44.6 Å². The van der Waals surface area contributed by atoms with E-state index in [-0.39, 0.29) is 11.9 Å². The summed E-state index contributed by atoms with van der Waals surface area (Å²) in [6.07, 6.45) is 6.36. The van der Waals surface area contributed by atoms with Gasteiger partial charge in [-0.25, -0.2) is 5.43 Å². The fourth-order valence-electron chi connectivity index (χ4n) is 5.12. The number of fused-ring (bicyclic) bond motifs is 3. The molecule has 1 amide bonds. The van der Waals surface area contributed by atoms with Crippen LogP contribution in [-0.2, 0) is 0 Å². The Kier molecular flexibility index (Phi) is 6.40. The van der Waals surface area contributed by atoms with Gasteiger partial charge < -0.3 is 14.5 Å². The lowest BCUT2D eigenvalue weighted by Crippen LogP contribution is -2.29. The lowest BCUT2D eigenvalue weighted by atomic mass is 9.75. The van der Waals surface area contributed by atoms with Gasteiger partial charge in [-0.1, -0.05) is 31.0 Å². The fraction of sp³-hybridized carbons (Fsp3) is 0.321. The third-order valence-electron chi connectivity index (χ3n) is 6.96.